The summed E-state index contributed by atoms with van der Waals surface area (Å²) in [4.78, 5) is 26.3. The highest BCUT2D eigenvalue weighted by Gasteiger charge is 2.27. The van der Waals surface area contributed by atoms with Crippen LogP contribution in [0.25, 0.3) is 10.2 Å². The maximum absolute atomic E-state index is 12.7. The molecule has 1 aromatic carbocycles. The van der Waals surface area contributed by atoms with Gasteiger partial charge in [0.15, 0.2) is 11.5 Å². The third kappa shape index (κ3) is 3.48. The van der Waals surface area contributed by atoms with Crippen LogP contribution in [-0.2, 0) is 11.2 Å². The van der Waals surface area contributed by atoms with Gasteiger partial charge in [0.05, 0.1) is 5.39 Å². The Labute approximate surface area is 172 Å². The zero-order valence-corrected chi connectivity index (χ0v) is 17.0. The van der Waals surface area contributed by atoms with E-state index in [0.29, 0.717) is 11.5 Å². The molecule has 8 heteroatoms. The van der Waals surface area contributed by atoms with Crippen LogP contribution in [0.5, 0.6) is 11.5 Å². The van der Waals surface area contributed by atoms with Crippen LogP contribution >= 0.6 is 11.3 Å². The Morgan fingerprint density at radius 3 is 2.86 bits per heavy atom. The summed E-state index contributed by atoms with van der Waals surface area (Å²) in [6.45, 7) is 4.00. The van der Waals surface area contributed by atoms with Gasteiger partial charge in [0.25, 0.3) is 0 Å². The molecule has 4 heterocycles. The molecular weight excluding hydrogens is 388 g/mol. The fourth-order valence-corrected chi connectivity index (χ4v) is 4.82. The number of thiophene rings is 1. The Balaban J connectivity index is 1.24. The predicted octanol–water partition coefficient (Wildman–Crippen LogP) is 3.84. The highest BCUT2D eigenvalue weighted by Crippen LogP contribution is 2.35. The maximum Gasteiger partial charge on any atom is 0.231 e. The van der Waals surface area contributed by atoms with E-state index < -0.39 is 0 Å². The SMILES string of the molecule is CCc1cc2c(N3CCC(C(=O)Nc4ccc5c(c4)OCO5)CC3)ncnc2s1. The van der Waals surface area contributed by atoms with E-state index in [1.807, 2.05) is 18.2 Å². The van der Waals surface area contributed by atoms with Crippen molar-refractivity contribution in [3.05, 3.63) is 35.5 Å². The van der Waals surface area contributed by atoms with Gasteiger partial charge in [-0.2, -0.15) is 0 Å². The quantitative estimate of drug-likeness (QED) is 0.704. The van der Waals surface area contributed by atoms with E-state index in [4.69, 9.17) is 9.47 Å². The second-order valence-corrected chi connectivity index (χ2v) is 8.42. The Bertz CT molecular complexity index is 1060. The molecule has 1 N–H and O–H groups in total. The maximum atomic E-state index is 12.7. The Hall–Kier alpha value is -2.87. The summed E-state index contributed by atoms with van der Waals surface area (Å²) in [6.07, 6.45) is 4.24. The van der Waals surface area contributed by atoms with Crippen molar-refractivity contribution in [3.8, 4) is 11.5 Å². The van der Waals surface area contributed by atoms with Gasteiger partial charge in [-0.25, -0.2) is 9.97 Å². The number of nitrogens with one attached hydrogen (secondary N) is 1. The van der Waals surface area contributed by atoms with Crippen molar-refractivity contribution in [2.45, 2.75) is 26.2 Å². The van der Waals surface area contributed by atoms with Gasteiger partial charge in [-0.3, -0.25) is 4.79 Å². The van der Waals surface area contributed by atoms with Crippen molar-refractivity contribution in [2.24, 2.45) is 5.92 Å². The summed E-state index contributed by atoms with van der Waals surface area (Å²) in [7, 11) is 0. The summed E-state index contributed by atoms with van der Waals surface area (Å²) in [5, 5.41) is 4.14. The van der Waals surface area contributed by atoms with Gasteiger partial charge in [-0.1, -0.05) is 6.92 Å². The van der Waals surface area contributed by atoms with E-state index in [1.165, 1.54) is 4.88 Å². The van der Waals surface area contributed by atoms with Crippen LogP contribution in [0.4, 0.5) is 11.5 Å². The molecule has 3 aromatic rings. The molecule has 1 saturated heterocycles. The number of anilines is 2. The first-order valence-corrected chi connectivity index (χ1v) is 10.7. The van der Waals surface area contributed by atoms with Crippen LogP contribution in [0.3, 0.4) is 0 Å². The van der Waals surface area contributed by atoms with Crippen molar-refractivity contribution in [2.75, 3.05) is 30.1 Å². The van der Waals surface area contributed by atoms with Gasteiger partial charge in [-0.05, 0) is 37.5 Å². The fourth-order valence-electron chi connectivity index (χ4n) is 3.89. The molecule has 7 nitrogen and oxygen atoms in total. The van der Waals surface area contributed by atoms with Gasteiger partial charge in [0, 0.05) is 35.6 Å². The summed E-state index contributed by atoms with van der Waals surface area (Å²) in [6, 6.07) is 7.69. The number of hydrogen-bond acceptors (Lipinski definition) is 7. The number of rotatable bonds is 4. The number of fused-ring (bicyclic) bond motifs is 2. The van der Waals surface area contributed by atoms with Crippen LogP contribution in [0, 0.1) is 5.92 Å². The van der Waals surface area contributed by atoms with Gasteiger partial charge in [-0.15, -0.1) is 11.3 Å². The number of carbonyl (C=O) groups excluding carboxylic acids is 1. The van der Waals surface area contributed by atoms with Crippen molar-refractivity contribution < 1.29 is 14.3 Å². The molecule has 2 aliphatic heterocycles. The number of ether oxygens (including phenoxy) is 2. The zero-order chi connectivity index (χ0) is 19.8. The lowest BCUT2D eigenvalue weighted by molar-refractivity contribution is -0.120. The first kappa shape index (κ1) is 18.2. The molecule has 5 rings (SSSR count). The van der Waals surface area contributed by atoms with Gasteiger partial charge in [0.2, 0.25) is 12.7 Å². The van der Waals surface area contributed by atoms with Gasteiger partial charge < -0.3 is 19.7 Å². The van der Waals surface area contributed by atoms with Gasteiger partial charge >= 0.3 is 0 Å². The zero-order valence-electron chi connectivity index (χ0n) is 16.2. The molecule has 2 aliphatic rings. The summed E-state index contributed by atoms with van der Waals surface area (Å²) >= 11 is 1.73. The van der Waals surface area contributed by atoms with Crippen molar-refractivity contribution in [1.29, 1.82) is 0 Å². The van der Waals surface area contributed by atoms with E-state index in [1.54, 1.807) is 17.7 Å². The minimum atomic E-state index is -0.0114. The van der Waals surface area contributed by atoms with Crippen LogP contribution in [0.15, 0.2) is 30.6 Å². The normalized spacial score (nSPS) is 16.4. The topological polar surface area (TPSA) is 76.6 Å². The number of amides is 1. The van der Waals surface area contributed by atoms with Crippen molar-refractivity contribution in [1.82, 2.24) is 9.97 Å². The second-order valence-electron chi connectivity index (χ2n) is 7.30. The molecule has 0 spiro atoms. The minimum absolute atomic E-state index is 0.0114. The molecule has 29 heavy (non-hydrogen) atoms. The fraction of sp³-hybridized carbons (Fsp3) is 0.381. The lowest BCUT2D eigenvalue weighted by atomic mass is 9.95. The molecule has 1 fully saturated rings. The number of hydrogen-bond donors (Lipinski definition) is 1. The molecule has 0 unspecified atom stereocenters. The number of nitrogens with zero attached hydrogens (tertiary/aromatic N) is 3. The number of piperidine rings is 1. The highest BCUT2D eigenvalue weighted by atomic mass is 32.1. The first-order valence-electron chi connectivity index (χ1n) is 9.90. The number of benzene rings is 1. The number of aromatic nitrogens is 2. The van der Waals surface area contributed by atoms with Crippen molar-refractivity contribution >= 4 is 39.0 Å². The van der Waals surface area contributed by atoms with Crippen LogP contribution in [-0.4, -0.2) is 35.8 Å². The average Bonchev–Trinajstić information content (AvgIpc) is 3.39. The third-order valence-corrected chi connectivity index (χ3v) is 6.70. The molecule has 150 valence electrons. The van der Waals surface area contributed by atoms with E-state index in [2.05, 4.69) is 33.2 Å². The Kier molecular flexibility index (Phi) is 4.71. The molecule has 2 aromatic heterocycles. The summed E-state index contributed by atoms with van der Waals surface area (Å²) < 4.78 is 10.7. The smallest absolute Gasteiger partial charge is 0.231 e. The molecule has 0 aliphatic carbocycles. The predicted molar refractivity (Wildman–Crippen MR) is 113 cm³/mol. The monoisotopic (exact) mass is 410 g/mol. The highest BCUT2D eigenvalue weighted by molar-refractivity contribution is 7.18. The summed E-state index contributed by atoms with van der Waals surface area (Å²) in [5.41, 5.74) is 0.740. The van der Waals surface area contributed by atoms with E-state index in [-0.39, 0.29) is 18.6 Å². The lowest BCUT2D eigenvalue weighted by Crippen LogP contribution is -2.38. The average molecular weight is 410 g/mol. The van der Waals surface area contributed by atoms with E-state index in [9.17, 15) is 4.79 Å². The van der Waals surface area contributed by atoms with Crippen LogP contribution < -0.4 is 19.7 Å². The van der Waals surface area contributed by atoms with Gasteiger partial charge in [0.1, 0.15) is 17.0 Å². The van der Waals surface area contributed by atoms with Crippen LogP contribution in [0.1, 0.15) is 24.6 Å². The number of aryl methyl sites for hydroxylation is 1. The van der Waals surface area contributed by atoms with E-state index in [0.717, 1.165) is 54.1 Å². The molecule has 0 atom stereocenters. The van der Waals surface area contributed by atoms with E-state index >= 15 is 0 Å². The Morgan fingerprint density at radius 2 is 2.03 bits per heavy atom. The molecule has 1 amide bonds. The largest absolute Gasteiger partial charge is 0.454 e. The molecule has 0 saturated carbocycles. The van der Waals surface area contributed by atoms with Crippen molar-refractivity contribution in [3.63, 3.8) is 0 Å². The lowest BCUT2D eigenvalue weighted by Gasteiger charge is -2.32. The molecule has 0 bridgehead atoms. The Morgan fingerprint density at radius 1 is 1.21 bits per heavy atom. The minimum Gasteiger partial charge on any atom is -0.454 e. The first-order chi connectivity index (χ1) is 14.2. The number of carbonyl (C=O) groups is 1. The van der Waals surface area contributed by atoms with Crippen LogP contribution in [0.2, 0.25) is 0 Å². The standard InChI is InChI=1S/C21H22N4O3S/c1-2-15-10-16-19(22-11-23-21(16)29-15)25-7-5-13(6-8-25)20(26)24-14-3-4-17-18(9-14)28-12-27-17/h3-4,9-11,13H,2,5-8,12H2,1H3,(H,24,26). The summed E-state index contributed by atoms with van der Waals surface area (Å²) in [5.74, 6) is 2.42. The second kappa shape index (κ2) is 7.51. The third-order valence-electron chi connectivity index (χ3n) is 5.51. The molecular formula is C21H22N4O3S. The molecule has 0 radical (unpaired) electrons.